The van der Waals surface area contributed by atoms with E-state index in [1.807, 2.05) is 4.90 Å². The van der Waals surface area contributed by atoms with Crippen LogP contribution in [0.1, 0.15) is 32.1 Å². The lowest BCUT2D eigenvalue weighted by Crippen LogP contribution is -2.38. The van der Waals surface area contributed by atoms with Crippen LogP contribution in [0.3, 0.4) is 0 Å². The van der Waals surface area contributed by atoms with Gasteiger partial charge in [-0.2, -0.15) is 0 Å². The van der Waals surface area contributed by atoms with Crippen LogP contribution in [0.4, 0.5) is 0 Å². The van der Waals surface area contributed by atoms with Crippen LogP contribution in [0.15, 0.2) is 11.1 Å². The van der Waals surface area contributed by atoms with Gasteiger partial charge in [-0.3, -0.25) is 4.79 Å². The van der Waals surface area contributed by atoms with E-state index in [1.54, 1.807) is 11.1 Å². The van der Waals surface area contributed by atoms with Crippen molar-refractivity contribution in [3.8, 4) is 0 Å². The standard InChI is InChI=1S/C11H16INO/c12-7-11(14)13-6-5-9-3-1-2-4-10(9)8-13/h1-8H2. The van der Waals surface area contributed by atoms with E-state index in [9.17, 15) is 4.79 Å². The molecule has 0 unspecified atom stereocenters. The summed E-state index contributed by atoms with van der Waals surface area (Å²) in [4.78, 5) is 13.6. The van der Waals surface area contributed by atoms with E-state index in [1.165, 1.54) is 25.7 Å². The highest BCUT2D eigenvalue weighted by molar-refractivity contribution is 14.1. The molecule has 0 aromatic rings. The van der Waals surface area contributed by atoms with E-state index in [0.717, 1.165) is 19.5 Å². The molecule has 0 aromatic heterocycles. The molecule has 1 aliphatic carbocycles. The van der Waals surface area contributed by atoms with Crippen molar-refractivity contribution in [3.05, 3.63) is 11.1 Å². The zero-order valence-electron chi connectivity index (χ0n) is 8.39. The second-order valence-electron chi connectivity index (χ2n) is 4.11. The quantitative estimate of drug-likeness (QED) is 0.414. The molecule has 0 saturated carbocycles. The van der Waals surface area contributed by atoms with Crippen LogP contribution >= 0.6 is 22.6 Å². The van der Waals surface area contributed by atoms with Gasteiger partial charge in [0.05, 0.1) is 4.43 Å². The first-order chi connectivity index (χ1) is 6.81. The first-order valence-corrected chi connectivity index (χ1v) is 6.87. The van der Waals surface area contributed by atoms with Gasteiger partial charge < -0.3 is 4.90 Å². The maximum Gasteiger partial charge on any atom is 0.232 e. The van der Waals surface area contributed by atoms with Gasteiger partial charge in [0, 0.05) is 13.1 Å². The number of halogens is 1. The molecule has 1 heterocycles. The fourth-order valence-electron chi connectivity index (χ4n) is 2.40. The molecule has 1 aliphatic heterocycles. The minimum Gasteiger partial charge on any atom is -0.338 e. The number of hydrogen-bond donors (Lipinski definition) is 0. The van der Waals surface area contributed by atoms with Crippen LogP contribution in [0, 0.1) is 0 Å². The molecule has 3 heteroatoms. The predicted molar refractivity (Wildman–Crippen MR) is 65.6 cm³/mol. The van der Waals surface area contributed by atoms with Crippen LogP contribution in [0.25, 0.3) is 0 Å². The van der Waals surface area contributed by atoms with E-state index in [-0.39, 0.29) is 0 Å². The monoisotopic (exact) mass is 305 g/mol. The average Bonchev–Trinajstić information content (AvgIpc) is 2.27. The number of hydrogen-bond acceptors (Lipinski definition) is 1. The average molecular weight is 305 g/mol. The number of rotatable bonds is 1. The van der Waals surface area contributed by atoms with Gasteiger partial charge in [-0.05, 0) is 32.1 Å². The summed E-state index contributed by atoms with van der Waals surface area (Å²) in [6, 6.07) is 0. The van der Waals surface area contributed by atoms with Crippen LogP contribution in [-0.2, 0) is 4.79 Å². The van der Waals surface area contributed by atoms with Crippen molar-refractivity contribution in [1.29, 1.82) is 0 Å². The zero-order chi connectivity index (χ0) is 9.97. The smallest absolute Gasteiger partial charge is 0.232 e. The van der Waals surface area contributed by atoms with Crippen molar-refractivity contribution >= 4 is 28.5 Å². The van der Waals surface area contributed by atoms with Crippen LogP contribution in [0.5, 0.6) is 0 Å². The number of carbonyl (C=O) groups excluding carboxylic acids is 1. The normalized spacial score (nSPS) is 22.2. The summed E-state index contributed by atoms with van der Waals surface area (Å²) in [5, 5.41) is 0. The summed E-state index contributed by atoms with van der Waals surface area (Å²) in [5.41, 5.74) is 3.23. The molecular weight excluding hydrogens is 289 g/mol. The third kappa shape index (κ3) is 2.12. The van der Waals surface area contributed by atoms with Crippen molar-refractivity contribution in [2.45, 2.75) is 32.1 Å². The SMILES string of the molecule is O=C(CI)N1CCC2=C(CCCC2)C1. The first-order valence-electron chi connectivity index (χ1n) is 5.35. The Labute approximate surface area is 98.9 Å². The second-order valence-corrected chi connectivity index (χ2v) is 4.88. The van der Waals surface area contributed by atoms with Gasteiger partial charge in [-0.1, -0.05) is 33.7 Å². The summed E-state index contributed by atoms with van der Waals surface area (Å²) in [6.45, 7) is 1.89. The molecule has 2 aliphatic rings. The topological polar surface area (TPSA) is 20.3 Å². The maximum absolute atomic E-state index is 11.5. The Bertz CT molecular complexity index is 272. The second kappa shape index (κ2) is 4.64. The Kier molecular flexibility index (Phi) is 3.47. The number of amides is 1. The minimum atomic E-state index is 0.308. The largest absolute Gasteiger partial charge is 0.338 e. The Hall–Kier alpha value is -0.0600. The Morgan fingerprint density at radius 2 is 1.93 bits per heavy atom. The molecule has 2 nitrogen and oxygen atoms in total. The van der Waals surface area contributed by atoms with Crippen LogP contribution in [-0.4, -0.2) is 28.3 Å². The van der Waals surface area contributed by atoms with Gasteiger partial charge in [0.1, 0.15) is 0 Å². The highest BCUT2D eigenvalue weighted by Crippen LogP contribution is 2.30. The molecule has 0 radical (unpaired) electrons. The summed E-state index contributed by atoms with van der Waals surface area (Å²) in [6.07, 6.45) is 6.35. The molecule has 1 amide bonds. The molecule has 2 rings (SSSR count). The van der Waals surface area contributed by atoms with E-state index < -0.39 is 0 Å². The van der Waals surface area contributed by atoms with Gasteiger partial charge in [0.15, 0.2) is 0 Å². The highest BCUT2D eigenvalue weighted by Gasteiger charge is 2.23. The van der Waals surface area contributed by atoms with Crippen molar-refractivity contribution in [2.75, 3.05) is 17.5 Å². The Morgan fingerprint density at radius 1 is 1.21 bits per heavy atom. The van der Waals surface area contributed by atoms with Gasteiger partial charge in [-0.25, -0.2) is 0 Å². The fourth-order valence-corrected chi connectivity index (χ4v) is 2.88. The zero-order valence-corrected chi connectivity index (χ0v) is 10.5. The molecule has 14 heavy (non-hydrogen) atoms. The van der Waals surface area contributed by atoms with E-state index in [2.05, 4.69) is 22.6 Å². The molecule has 0 fully saturated rings. The van der Waals surface area contributed by atoms with E-state index in [0.29, 0.717) is 10.3 Å². The fraction of sp³-hybridized carbons (Fsp3) is 0.727. The van der Waals surface area contributed by atoms with E-state index >= 15 is 0 Å². The number of carbonyl (C=O) groups is 1. The lowest BCUT2D eigenvalue weighted by Gasteiger charge is -2.33. The first kappa shape index (κ1) is 10.5. The Balaban J connectivity index is 2.04. The van der Waals surface area contributed by atoms with Crippen molar-refractivity contribution in [3.63, 3.8) is 0 Å². The highest BCUT2D eigenvalue weighted by atomic mass is 127. The molecule has 0 bridgehead atoms. The third-order valence-corrected chi connectivity index (χ3v) is 3.89. The molecule has 0 saturated heterocycles. The number of nitrogens with zero attached hydrogens (tertiary/aromatic N) is 1. The van der Waals surface area contributed by atoms with Crippen molar-refractivity contribution < 1.29 is 4.79 Å². The maximum atomic E-state index is 11.5. The van der Waals surface area contributed by atoms with Gasteiger partial charge in [0.25, 0.3) is 0 Å². The van der Waals surface area contributed by atoms with Gasteiger partial charge in [0.2, 0.25) is 5.91 Å². The van der Waals surface area contributed by atoms with Gasteiger partial charge in [-0.15, -0.1) is 0 Å². The predicted octanol–water partition coefficient (Wildman–Crippen LogP) is 2.52. The van der Waals surface area contributed by atoms with Gasteiger partial charge >= 0.3 is 0 Å². The molecule has 0 spiro atoms. The van der Waals surface area contributed by atoms with Crippen molar-refractivity contribution in [1.82, 2.24) is 4.90 Å². The van der Waals surface area contributed by atoms with E-state index in [4.69, 9.17) is 0 Å². The van der Waals surface area contributed by atoms with Crippen molar-refractivity contribution in [2.24, 2.45) is 0 Å². The molecular formula is C11H16INO. The third-order valence-electron chi connectivity index (χ3n) is 3.24. The molecule has 0 atom stereocenters. The summed E-state index contributed by atoms with van der Waals surface area (Å²) in [5.74, 6) is 0.308. The number of alkyl halides is 1. The lowest BCUT2D eigenvalue weighted by atomic mass is 9.87. The van der Waals surface area contributed by atoms with Crippen LogP contribution < -0.4 is 0 Å². The summed E-state index contributed by atoms with van der Waals surface area (Å²) in [7, 11) is 0. The summed E-state index contributed by atoms with van der Waals surface area (Å²) >= 11 is 2.16. The Morgan fingerprint density at radius 3 is 2.64 bits per heavy atom. The minimum absolute atomic E-state index is 0.308. The lowest BCUT2D eigenvalue weighted by molar-refractivity contribution is -0.128. The molecule has 0 aromatic carbocycles. The molecule has 78 valence electrons. The molecule has 0 N–H and O–H groups in total. The summed E-state index contributed by atoms with van der Waals surface area (Å²) < 4.78 is 0.625. The van der Waals surface area contributed by atoms with Crippen LogP contribution in [0.2, 0.25) is 0 Å².